The average Bonchev–Trinajstić information content (AvgIpc) is 2.15. The van der Waals surface area contributed by atoms with Crippen LogP contribution in [0.1, 0.15) is 20.8 Å². The van der Waals surface area contributed by atoms with Crippen LogP contribution in [0, 0.1) is 5.92 Å². The molecule has 0 radical (unpaired) electrons. The second kappa shape index (κ2) is 8.35. The Balaban J connectivity index is 0. The van der Waals surface area contributed by atoms with Gasteiger partial charge in [-0.15, -0.1) is 12.4 Å². The number of rotatable bonds is 5. The van der Waals surface area contributed by atoms with Crippen molar-refractivity contribution in [1.29, 1.82) is 0 Å². The largest absolute Gasteiger partial charge is 0.354 e. The second-order valence-corrected chi connectivity index (χ2v) is 3.99. The van der Waals surface area contributed by atoms with E-state index in [4.69, 9.17) is 5.73 Å². The monoisotopic (exact) mass is 251 g/mol. The second-order valence-electron chi connectivity index (χ2n) is 3.99. The van der Waals surface area contributed by atoms with Gasteiger partial charge in [0.1, 0.15) is 0 Å². The summed E-state index contributed by atoms with van der Waals surface area (Å²) < 4.78 is 0. The molecule has 96 valence electrons. The van der Waals surface area contributed by atoms with Crippen molar-refractivity contribution in [1.82, 2.24) is 10.2 Å². The molecule has 0 heterocycles. The number of nitrogens with one attached hydrogen (secondary N) is 1. The van der Waals surface area contributed by atoms with Crippen LogP contribution in [0.15, 0.2) is 0 Å². The van der Waals surface area contributed by atoms with E-state index >= 15 is 0 Å². The number of nitrogens with two attached hydrogens (primary N) is 1. The van der Waals surface area contributed by atoms with Gasteiger partial charge < -0.3 is 16.0 Å². The number of halogens is 1. The lowest BCUT2D eigenvalue weighted by Gasteiger charge is -2.19. The molecule has 0 aliphatic heterocycles. The molecule has 1 atom stereocenters. The molecule has 5 nitrogen and oxygen atoms in total. The summed E-state index contributed by atoms with van der Waals surface area (Å²) in [6, 6.07) is -0.490. The van der Waals surface area contributed by atoms with Crippen LogP contribution in [0.2, 0.25) is 0 Å². The van der Waals surface area contributed by atoms with Gasteiger partial charge in [0.2, 0.25) is 11.8 Å². The van der Waals surface area contributed by atoms with E-state index in [9.17, 15) is 9.59 Å². The summed E-state index contributed by atoms with van der Waals surface area (Å²) in [6.07, 6.45) is 0. The van der Waals surface area contributed by atoms with Crippen molar-refractivity contribution in [3.05, 3.63) is 0 Å². The molecular formula is C10H22ClN3O2. The fraction of sp³-hybridized carbons (Fsp3) is 0.800. The first-order valence-electron chi connectivity index (χ1n) is 5.14. The zero-order chi connectivity index (χ0) is 12.0. The van der Waals surface area contributed by atoms with Crippen LogP contribution in [-0.2, 0) is 9.59 Å². The van der Waals surface area contributed by atoms with Crippen molar-refractivity contribution in [3.63, 3.8) is 0 Å². The predicted molar refractivity (Wildman–Crippen MR) is 66.4 cm³/mol. The highest BCUT2D eigenvalue weighted by atomic mass is 35.5. The van der Waals surface area contributed by atoms with Gasteiger partial charge in [0.25, 0.3) is 0 Å². The lowest BCUT2D eigenvalue weighted by atomic mass is 10.2. The highest BCUT2D eigenvalue weighted by Gasteiger charge is 2.13. The molecule has 6 heteroatoms. The van der Waals surface area contributed by atoms with Gasteiger partial charge in [0, 0.05) is 26.1 Å². The summed E-state index contributed by atoms with van der Waals surface area (Å²) in [5.74, 6) is -0.148. The molecule has 0 fully saturated rings. The van der Waals surface area contributed by atoms with E-state index in [0.29, 0.717) is 13.1 Å². The molecule has 16 heavy (non-hydrogen) atoms. The topological polar surface area (TPSA) is 75.4 Å². The van der Waals surface area contributed by atoms with Gasteiger partial charge in [-0.2, -0.15) is 0 Å². The summed E-state index contributed by atoms with van der Waals surface area (Å²) in [4.78, 5) is 24.0. The van der Waals surface area contributed by atoms with Crippen LogP contribution in [0.4, 0.5) is 0 Å². The molecular weight excluding hydrogens is 230 g/mol. The van der Waals surface area contributed by atoms with Crippen LogP contribution in [0.3, 0.4) is 0 Å². The minimum Gasteiger partial charge on any atom is -0.354 e. The summed E-state index contributed by atoms with van der Waals surface area (Å²) in [7, 11) is 1.67. The third-order valence-electron chi connectivity index (χ3n) is 2.04. The summed E-state index contributed by atoms with van der Waals surface area (Å²) >= 11 is 0. The lowest BCUT2D eigenvalue weighted by molar-refractivity contribution is -0.131. The van der Waals surface area contributed by atoms with Crippen molar-refractivity contribution < 1.29 is 9.59 Å². The van der Waals surface area contributed by atoms with Crippen molar-refractivity contribution in [2.45, 2.75) is 26.8 Å². The quantitative estimate of drug-likeness (QED) is 0.722. The Morgan fingerprint density at radius 1 is 1.31 bits per heavy atom. The van der Waals surface area contributed by atoms with Crippen molar-refractivity contribution in [2.24, 2.45) is 11.7 Å². The van der Waals surface area contributed by atoms with Crippen molar-refractivity contribution in [2.75, 3.05) is 20.1 Å². The molecule has 0 aliphatic rings. The first-order chi connectivity index (χ1) is 6.86. The highest BCUT2D eigenvalue weighted by Crippen LogP contribution is 1.91. The van der Waals surface area contributed by atoms with Crippen LogP contribution < -0.4 is 11.1 Å². The summed E-state index contributed by atoms with van der Waals surface area (Å²) in [5, 5.41) is 2.73. The molecule has 0 saturated carbocycles. The third kappa shape index (κ3) is 6.63. The zero-order valence-electron chi connectivity index (χ0n) is 10.3. The molecule has 2 amide bonds. The maximum atomic E-state index is 11.3. The van der Waals surface area contributed by atoms with Crippen LogP contribution in [-0.4, -0.2) is 42.9 Å². The summed E-state index contributed by atoms with van der Waals surface area (Å²) in [6.45, 7) is 6.24. The standard InChI is InChI=1S/C10H21N3O2.ClH/c1-7(2)9(14)12-5-6-13(4)10(15)8(3)11;/h7-8H,5-6,11H2,1-4H3,(H,12,14);1H. The predicted octanol–water partition coefficient (Wildman–Crippen LogP) is -0.0140. The maximum Gasteiger partial charge on any atom is 0.238 e. The number of amides is 2. The van der Waals surface area contributed by atoms with Gasteiger partial charge in [0.15, 0.2) is 0 Å². The highest BCUT2D eigenvalue weighted by molar-refractivity contribution is 5.85. The molecule has 0 aromatic heterocycles. The lowest BCUT2D eigenvalue weighted by Crippen LogP contribution is -2.43. The minimum absolute atomic E-state index is 0. The molecule has 0 rings (SSSR count). The van der Waals surface area contributed by atoms with Gasteiger partial charge >= 0.3 is 0 Å². The number of hydrogen-bond acceptors (Lipinski definition) is 3. The Morgan fingerprint density at radius 2 is 1.81 bits per heavy atom. The molecule has 0 aliphatic carbocycles. The van der Waals surface area contributed by atoms with Crippen molar-refractivity contribution in [3.8, 4) is 0 Å². The Labute approximate surface area is 103 Å². The van der Waals surface area contributed by atoms with E-state index in [2.05, 4.69) is 5.32 Å². The Hall–Kier alpha value is -0.810. The van der Waals surface area contributed by atoms with E-state index in [1.807, 2.05) is 13.8 Å². The van der Waals surface area contributed by atoms with Gasteiger partial charge in [-0.05, 0) is 6.92 Å². The van der Waals surface area contributed by atoms with E-state index in [1.165, 1.54) is 4.90 Å². The number of likely N-dealkylation sites (N-methyl/N-ethyl adjacent to an activating group) is 1. The smallest absolute Gasteiger partial charge is 0.238 e. The van der Waals surface area contributed by atoms with Crippen LogP contribution in [0.25, 0.3) is 0 Å². The van der Waals surface area contributed by atoms with E-state index in [1.54, 1.807) is 14.0 Å². The van der Waals surface area contributed by atoms with Gasteiger partial charge in [-0.1, -0.05) is 13.8 Å². The molecule has 0 aromatic rings. The SMILES string of the molecule is CC(C)C(=O)NCCN(C)C(=O)C(C)N.Cl. The fourth-order valence-electron chi connectivity index (χ4n) is 1.01. The normalized spacial score (nSPS) is 11.6. The Bertz CT molecular complexity index is 232. The zero-order valence-corrected chi connectivity index (χ0v) is 11.1. The molecule has 0 bridgehead atoms. The van der Waals surface area contributed by atoms with Gasteiger partial charge in [-0.25, -0.2) is 0 Å². The summed E-state index contributed by atoms with van der Waals surface area (Å²) in [5.41, 5.74) is 5.44. The Kier molecular flexibility index (Phi) is 9.18. The van der Waals surface area contributed by atoms with Gasteiger partial charge in [0.05, 0.1) is 6.04 Å². The number of carbonyl (C=O) groups excluding carboxylic acids is 2. The maximum absolute atomic E-state index is 11.3. The van der Waals surface area contributed by atoms with Crippen molar-refractivity contribution >= 4 is 24.2 Å². The average molecular weight is 252 g/mol. The first-order valence-corrected chi connectivity index (χ1v) is 5.14. The van der Waals surface area contributed by atoms with Crippen LogP contribution >= 0.6 is 12.4 Å². The molecule has 0 aromatic carbocycles. The van der Waals surface area contributed by atoms with Gasteiger partial charge in [-0.3, -0.25) is 9.59 Å². The third-order valence-corrected chi connectivity index (χ3v) is 2.04. The van der Waals surface area contributed by atoms with E-state index < -0.39 is 6.04 Å². The molecule has 0 saturated heterocycles. The first kappa shape index (κ1) is 17.6. The number of hydrogen-bond donors (Lipinski definition) is 2. The van der Waals surface area contributed by atoms with Crippen LogP contribution in [0.5, 0.6) is 0 Å². The number of carbonyl (C=O) groups is 2. The molecule has 1 unspecified atom stereocenters. The minimum atomic E-state index is -0.490. The number of nitrogens with zero attached hydrogens (tertiary/aromatic N) is 1. The molecule has 0 spiro atoms. The molecule has 3 N–H and O–H groups in total. The van der Waals surface area contributed by atoms with E-state index in [0.717, 1.165) is 0 Å². The Morgan fingerprint density at radius 3 is 2.19 bits per heavy atom. The van der Waals surface area contributed by atoms with E-state index in [-0.39, 0.29) is 30.1 Å². The fourth-order valence-corrected chi connectivity index (χ4v) is 1.01.